The molecule has 0 atom stereocenters. The zero-order valence-corrected chi connectivity index (χ0v) is 11.8. The minimum atomic E-state index is -0.00150. The highest BCUT2D eigenvalue weighted by atomic mass is 16.5. The van der Waals surface area contributed by atoms with Crippen LogP contribution in [0.15, 0.2) is 17.2 Å². The molecule has 1 aromatic rings. The predicted octanol–water partition coefficient (Wildman–Crippen LogP) is 4.38. The van der Waals surface area contributed by atoms with Crippen LogP contribution < -0.4 is 5.73 Å². The summed E-state index contributed by atoms with van der Waals surface area (Å²) in [7, 11) is 0. The van der Waals surface area contributed by atoms with Crippen LogP contribution in [0.3, 0.4) is 0 Å². The van der Waals surface area contributed by atoms with Crippen LogP contribution in [0.5, 0.6) is 0 Å². The lowest BCUT2D eigenvalue weighted by molar-refractivity contribution is 0.400. The zero-order valence-electron chi connectivity index (χ0n) is 11.8. The predicted molar refractivity (Wildman–Crippen MR) is 75.5 cm³/mol. The first-order valence-corrected chi connectivity index (χ1v) is 5.96. The Hall–Kier alpha value is -1.51. The Morgan fingerprint density at radius 2 is 1.88 bits per heavy atom. The fourth-order valence-electron chi connectivity index (χ4n) is 1.61. The van der Waals surface area contributed by atoms with E-state index in [4.69, 9.17) is 10.3 Å². The second-order valence-electron chi connectivity index (χ2n) is 4.47. The monoisotopic (exact) mass is 236 g/mol. The lowest BCUT2D eigenvalue weighted by Gasteiger charge is -2.20. The second-order valence-corrected chi connectivity index (χ2v) is 4.47. The molecule has 17 heavy (non-hydrogen) atoms. The number of anilines is 1. The Balaban J connectivity index is 0.00000121. The van der Waals surface area contributed by atoms with E-state index in [1.54, 1.807) is 6.08 Å². The fraction of sp³-hybridized carbons (Fsp3) is 0.500. The van der Waals surface area contributed by atoms with Gasteiger partial charge >= 0.3 is 0 Å². The highest BCUT2D eigenvalue weighted by molar-refractivity contribution is 5.77. The van der Waals surface area contributed by atoms with Crippen molar-refractivity contribution < 1.29 is 4.52 Å². The van der Waals surface area contributed by atoms with Gasteiger partial charge in [-0.2, -0.15) is 0 Å². The Morgan fingerprint density at radius 3 is 2.24 bits per heavy atom. The summed E-state index contributed by atoms with van der Waals surface area (Å²) >= 11 is 0. The van der Waals surface area contributed by atoms with Crippen molar-refractivity contribution in [3.63, 3.8) is 0 Å². The lowest BCUT2D eigenvalue weighted by Crippen LogP contribution is -2.08. The van der Waals surface area contributed by atoms with E-state index in [0.717, 1.165) is 16.9 Å². The molecule has 0 saturated heterocycles. The molecule has 0 aromatic carbocycles. The normalized spacial score (nSPS) is 11.8. The maximum absolute atomic E-state index is 5.68. The van der Waals surface area contributed by atoms with Gasteiger partial charge in [-0.25, -0.2) is 0 Å². The Kier molecular flexibility index (Phi) is 5.72. The average molecular weight is 236 g/mol. The molecule has 3 nitrogen and oxygen atoms in total. The number of hydrogen-bond acceptors (Lipinski definition) is 3. The van der Waals surface area contributed by atoms with E-state index < -0.39 is 0 Å². The molecule has 0 aliphatic heterocycles. The first-order valence-electron chi connectivity index (χ1n) is 5.96. The molecule has 0 unspecified atom stereocenters. The number of nitrogen functional groups attached to an aromatic ring is 1. The molecule has 0 aliphatic carbocycles. The van der Waals surface area contributed by atoms with Crippen LogP contribution in [0.1, 0.15) is 52.9 Å². The Bertz CT molecular complexity index is 395. The molecule has 1 heterocycles. The van der Waals surface area contributed by atoms with Crippen LogP contribution in [0.4, 0.5) is 5.82 Å². The van der Waals surface area contributed by atoms with Crippen LogP contribution in [0.25, 0.3) is 11.6 Å². The van der Waals surface area contributed by atoms with Gasteiger partial charge in [0.05, 0.1) is 5.56 Å². The molecular weight excluding hydrogens is 212 g/mol. The molecule has 0 aliphatic rings. The van der Waals surface area contributed by atoms with E-state index in [-0.39, 0.29) is 5.41 Å². The lowest BCUT2D eigenvalue weighted by atomic mass is 9.83. The minimum Gasteiger partial charge on any atom is -0.380 e. The minimum absolute atomic E-state index is 0.00150. The van der Waals surface area contributed by atoms with Gasteiger partial charge in [-0.05, 0) is 17.9 Å². The summed E-state index contributed by atoms with van der Waals surface area (Å²) in [5, 5.41) is 3.76. The Labute approximate surface area is 104 Å². The highest BCUT2D eigenvalue weighted by Gasteiger charge is 2.24. The first-order chi connectivity index (χ1) is 7.91. The molecule has 2 N–H and O–H groups in total. The Morgan fingerprint density at radius 1 is 1.35 bits per heavy atom. The number of hydrogen-bond donors (Lipinski definition) is 1. The summed E-state index contributed by atoms with van der Waals surface area (Å²) in [6.45, 7) is 16.1. The van der Waals surface area contributed by atoms with Crippen molar-refractivity contribution in [3.8, 4) is 0 Å². The van der Waals surface area contributed by atoms with Crippen molar-refractivity contribution in [1.82, 2.24) is 5.16 Å². The van der Waals surface area contributed by atoms with Gasteiger partial charge in [0.15, 0.2) is 11.6 Å². The maximum Gasteiger partial charge on any atom is 0.174 e. The molecule has 0 amide bonds. The number of rotatable bonds is 2. The van der Waals surface area contributed by atoms with Gasteiger partial charge in [0.2, 0.25) is 0 Å². The second kappa shape index (κ2) is 6.28. The third-order valence-electron chi connectivity index (χ3n) is 2.30. The van der Waals surface area contributed by atoms with Crippen LogP contribution in [-0.2, 0) is 0 Å². The summed E-state index contributed by atoms with van der Waals surface area (Å²) < 4.78 is 5.25. The quantitative estimate of drug-likeness (QED) is 0.829. The largest absolute Gasteiger partial charge is 0.380 e. The van der Waals surface area contributed by atoms with Crippen molar-refractivity contribution >= 4 is 17.5 Å². The third kappa shape index (κ3) is 3.48. The molecule has 0 spiro atoms. The molecule has 0 bridgehead atoms. The van der Waals surface area contributed by atoms with E-state index in [0.29, 0.717) is 5.82 Å². The smallest absolute Gasteiger partial charge is 0.174 e. The maximum atomic E-state index is 5.68. The highest BCUT2D eigenvalue weighted by Crippen LogP contribution is 2.37. The van der Waals surface area contributed by atoms with Gasteiger partial charge in [0, 0.05) is 0 Å². The SMILES string of the molecule is C=Cc1c(N)noc1/C(=C\C)C(C)(C)C.CC. The van der Waals surface area contributed by atoms with Gasteiger partial charge in [0.25, 0.3) is 0 Å². The summed E-state index contributed by atoms with van der Waals surface area (Å²) in [4.78, 5) is 0. The standard InChI is InChI=1S/C12H18N2O.C2H6/c1-6-8-10(15-14-11(8)13)9(7-2)12(3,4)5;1-2/h6-7H,1H2,2-5H3,(H2,13,14);1-2H3/b9-7+;. The van der Waals surface area contributed by atoms with Gasteiger partial charge in [0.1, 0.15) is 0 Å². The molecule has 96 valence electrons. The van der Waals surface area contributed by atoms with Crippen LogP contribution in [-0.4, -0.2) is 5.16 Å². The van der Waals surface area contributed by atoms with E-state index in [9.17, 15) is 0 Å². The van der Waals surface area contributed by atoms with Crippen molar-refractivity contribution in [1.29, 1.82) is 0 Å². The first kappa shape index (κ1) is 15.5. The van der Waals surface area contributed by atoms with E-state index >= 15 is 0 Å². The van der Waals surface area contributed by atoms with Crippen molar-refractivity contribution in [2.45, 2.75) is 41.5 Å². The van der Waals surface area contributed by atoms with Crippen molar-refractivity contribution in [3.05, 3.63) is 24.0 Å². The van der Waals surface area contributed by atoms with E-state index in [1.807, 2.05) is 26.8 Å². The number of nitrogens with two attached hydrogens (primary N) is 1. The zero-order chi connectivity index (χ0) is 13.6. The molecule has 0 radical (unpaired) electrons. The van der Waals surface area contributed by atoms with Gasteiger partial charge in [-0.1, -0.05) is 58.5 Å². The third-order valence-corrected chi connectivity index (χ3v) is 2.30. The molecule has 1 aromatic heterocycles. The van der Waals surface area contributed by atoms with Crippen molar-refractivity contribution in [2.24, 2.45) is 5.41 Å². The molecule has 0 saturated carbocycles. The number of allylic oxidation sites excluding steroid dienone is 2. The molecule has 1 rings (SSSR count). The van der Waals surface area contributed by atoms with Crippen LogP contribution >= 0.6 is 0 Å². The summed E-state index contributed by atoms with van der Waals surface area (Å²) in [6, 6.07) is 0. The van der Waals surface area contributed by atoms with Crippen LogP contribution in [0, 0.1) is 5.41 Å². The average Bonchev–Trinajstić information content (AvgIpc) is 2.62. The van der Waals surface area contributed by atoms with Crippen molar-refractivity contribution in [2.75, 3.05) is 5.73 Å². The summed E-state index contributed by atoms with van der Waals surface area (Å²) in [6.07, 6.45) is 3.70. The molecule has 3 heteroatoms. The molecule has 0 fully saturated rings. The summed E-state index contributed by atoms with van der Waals surface area (Å²) in [5.74, 6) is 1.11. The topological polar surface area (TPSA) is 52.0 Å². The fourth-order valence-corrected chi connectivity index (χ4v) is 1.61. The van der Waals surface area contributed by atoms with Gasteiger partial charge in [-0.3, -0.25) is 0 Å². The molecular formula is C14H24N2O. The van der Waals surface area contributed by atoms with Gasteiger partial charge < -0.3 is 10.3 Å². The summed E-state index contributed by atoms with van der Waals surface area (Å²) in [5.41, 5.74) is 7.54. The van der Waals surface area contributed by atoms with Crippen LogP contribution in [0.2, 0.25) is 0 Å². The number of aromatic nitrogens is 1. The number of nitrogens with zero attached hydrogens (tertiary/aromatic N) is 1. The van der Waals surface area contributed by atoms with E-state index in [1.165, 1.54) is 0 Å². The van der Waals surface area contributed by atoms with Gasteiger partial charge in [-0.15, -0.1) is 0 Å². The van der Waals surface area contributed by atoms with E-state index in [2.05, 4.69) is 32.5 Å².